The van der Waals surface area contributed by atoms with Crippen LogP contribution in [0.1, 0.15) is 40.5 Å². The maximum atomic E-state index is 12.2. The lowest BCUT2D eigenvalue weighted by atomic mass is 10.1. The highest BCUT2D eigenvalue weighted by Gasteiger charge is 2.36. The lowest BCUT2D eigenvalue weighted by molar-refractivity contribution is -0.116. The molecule has 1 aliphatic rings. The van der Waals surface area contributed by atoms with Crippen LogP contribution in [0.4, 0.5) is 5.13 Å². The Morgan fingerprint density at radius 1 is 1.20 bits per heavy atom. The zero-order valence-electron chi connectivity index (χ0n) is 13.5. The average Bonchev–Trinajstić information content (AvgIpc) is 3.14. The summed E-state index contributed by atoms with van der Waals surface area (Å²) in [7, 11) is 0. The number of fused-ring (bicyclic) bond motifs is 1. The van der Waals surface area contributed by atoms with E-state index in [1.807, 2.05) is 0 Å². The second kappa shape index (κ2) is 7.75. The molecule has 2 heterocycles. The van der Waals surface area contributed by atoms with Crippen LogP contribution >= 0.6 is 23.1 Å². The van der Waals surface area contributed by atoms with Crippen LogP contribution in [0.3, 0.4) is 0 Å². The summed E-state index contributed by atoms with van der Waals surface area (Å²) in [6, 6.07) is 6.54. The van der Waals surface area contributed by atoms with Gasteiger partial charge < -0.3 is 0 Å². The number of imide groups is 1. The van der Waals surface area contributed by atoms with E-state index in [1.54, 1.807) is 36.0 Å². The van der Waals surface area contributed by atoms with Gasteiger partial charge in [0.05, 0.1) is 11.1 Å². The molecule has 0 spiro atoms. The lowest BCUT2D eigenvalue weighted by Crippen LogP contribution is -2.37. The molecule has 25 heavy (non-hydrogen) atoms. The molecule has 130 valence electrons. The van der Waals surface area contributed by atoms with Gasteiger partial charge in [-0.25, -0.2) is 0 Å². The third-order valence-electron chi connectivity index (χ3n) is 3.56. The maximum absolute atomic E-state index is 12.2. The Morgan fingerprint density at radius 3 is 2.52 bits per heavy atom. The number of unbranched alkanes of at least 4 members (excludes halogenated alkanes) is 1. The Bertz CT molecular complexity index is 786. The number of amides is 3. The van der Waals surface area contributed by atoms with Crippen molar-refractivity contribution in [2.75, 3.05) is 17.6 Å². The van der Waals surface area contributed by atoms with Gasteiger partial charge in [0.1, 0.15) is 6.54 Å². The zero-order valence-corrected chi connectivity index (χ0v) is 15.2. The number of hydrogen-bond donors (Lipinski definition) is 1. The summed E-state index contributed by atoms with van der Waals surface area (Å²) in [4.78, 5) is 37.6. The van der Waals surface area contributed by atoms with E-state index in [0.717, 1.165) is 27.8 Å². The monoisotopic (exact) mass is 376 g/mol. The summed E-state index contributed by atoms with van der Waals surface area (Å²) in [5.41, 5.74) is 0.650. The molecule has 0 saturated carbocycles. The fraction of sp³-hybridized carbons (Fsp3) is 0.312. The summed E-state index contributed by atoms with van der Waals surface area (Å²) >= 11 is 2.87. The third-order valence-corrected chi connectivity index (χ3v) is 5.61. The lowest BCUT2D eigenvalue weighted by Gasteiger charge is -2.12. The molecule has 3 amide bonds. The summed E-state index contributed by atoms with van der Waals surface area (Å²) in [5.74, 6) is -0.433. The first-order valence-electron chi connectivity index (χ1n) is 7.81. The molecule has 0 aliphatic carbocycles. The van der Waals surface area contributed by atoms with Gasteiger partial charge in [-0.3, -0.25) is 24.6 Å². The quantitative estimate of drug-likeness (QED) is 0.346. The molecule has 1 aliphatic heterocycles. The Morgan fingerprint density at radius 2 is 1.88 bits per heavy atom. The van der Waals surface area contributed by atoms with E-state index >= 15 is 0 Å². The molecule has 7 nitrogen and oxygen atoms in total. The van der Waals surface area contributed by atoms with E-state index in [4.69, 9.17) is 0 Å². The minimum atomic E-state index is -0.476. The highest BCUT2D eigenvalue weighted by molar-refractivity contribution is 8.01. The first kappa shape index (κ1) is 17.6. The molecule has 0 bridgehead atoms. The Hall–Kier alpha value is -2.26. The molecule has 0 saturated heterocycles. The summed E-state index contributed by atoms with van der Waals surface area (Å²) in [6.07, 6.45) is 2.20. The third kappa shape index (κ3) is 3.88. The van der Waals surface area contributed by atoms with E-state index in [0.29, 0.717) is 16.3 Å². The topological polar surface area (TPSA) is 92.3 Å². The fourth-order valence-corrected chi connectivity index (χ4v) is 4.23. The highest BCUT2D eigenvalue weighted by atomic mass is 32.2. The standard InChI is InChI=1S/C16H16N4O3S2/c1-2-3-8-24-16-19-18-15(25-16)17-12(21)9-20-13(22)10-6-4-5-7-11(10)14(20)23/h4-7H,2-3,8-9H2,1H3,(H,17,18,21). The van der Waals surface area contributed by atoms with Gasteiger partial charge in [0, 0.05) is 5.75 Å². The first-order valence-corrected chi connectivity index (χ1v) is 9.61. The molecule has 0 fully saturated rings. The van der Waals surface area contributed by atoms with Gasteiger partial charge in [0.2, 0.25) is 11.0 Å². The number of nitrogens with zero attached hydrogens (tertiary/aromatic N) is 3. The SMILES string of the molecule is CCCCSc1nnc(NC(=O)CN2C(=O)c3ccccc3C2=O)s1. The smallest absolute Gasteiger partial charge is 0.262 e. The van der Waals surface area contributed by atoms with E-state index in [-0.39, 0.29) is 6.54 Å². The highest BCUT2D eigenvalue weighted by Crippen LogP contribution is 2.26. The van der Waals surface area contributed by atoms with Crippen LogP contribution in [0.2, 0.25) is 0 Å². The van der Waals surface area contributed by atoms with Crippen LogP contribution in [0.15, 0.2) is 28.6 Å². The van der Waals surface area contributed by atoms with Crippen molar-refractivity contribution in [1.82, 2.24) is 15.1 Å². The van der Waals surface area contributed by atoms with Gasteiger partial charge in [-0.2, -0.15) is 0 Å². The van der Waals surface area contributed by atoms with Crippen molar-refractivity contribution in [2.24, 2.45) is 0 Å². The van der Waals surface area contributed by atoms with Crippen molar-refractivity contribution in [3.05, 3.63) is 35.4 Å². The largest absolute Gasteiger partial charge is 0.299 e. The molecule has 2 aromatic rings. The molecule has 0 unspecified atom stereocenters. The average molecular weight is 376 g/mol. The van der Waals surface area contributed by atoms with E-state index < -0.39 is 17.7 Å². The van der Waals surface area contributed by atoms with Crippen molar-refractivity contribution in [1.29, 1.82) is 0 Å². The minimum Gasteiger partial charge on any atom is -0.299 e. The number of carbonyl (C=O) groups excluding carboxylic acids is 3. The molecule has 1 aromatic heterocycles. The number of benzene rings is 1. The van der Waals surface area contributed by atoms with Crippen molar-refractivity contribution in [3.63, 3.8) is 0 Å². The molecule has 3 rings (SSSR count). The number of rotatable bonds is 7. The molecule has 1 aromatic carbocycles. The molecule has 0 radical (unpaired) electrons. The predicted octanol–water partition coefficient (Wildman–Crippen LogP) is 2.67. The maximum Gasteiger partial charge on any atom is 0.262 e. The van der Waals surface area contributed by atoms with Gasteiger partial charge >= 0.3 is 0 Å². The fourth-order valence-electron chi connectivity index (χ4n) is 2.31. The Kier molecular flexibility index (Phi) is 5.44. The molecule has 0 atom stereocenters. The van der Waals surface area contributed by atoms with Gasteiger partial charge in [0.25, 0.3) is 11.8 Å². The van der Waals surface area contributed by atoms with Gasteiger partial charge in [0.15, 0.2) is 4.34 Å². The predicted molar refractivity (Wildman–Crippen MR) is 96.0 cm³/mol. The van der Waals surface area contributed by atoms with E-state index in [1.165, 1.54) is 11.3 Å². The van der Waals surface area contributed by atoms with Crippen LogP contribution < -0.4 is 5.32 Å². The Balaban J connectivity index is 1.59. The van der Waals surface area contributed by atoms with Crippen LogP contribution in [-0.4, -0.2) is 45.1 Å². The summed E-state index contributed by atoms with van der Waals surface area (Å²) < 4.78 is 0.782. The second-order valence-electron chi connectivity index (χ2n) is 5.37. The number of anilines is 1. The van der Waals surface area contributed by atoms with Crippen LogP contribution in [0.25, 0.3) is 0 Å². The van der Waals surface area contributed by atoms with Crippen LogP contribution in [0.5, 0.6) is 0 Å². The summed E-state index contributed by atoms with van der Waals surface area (Å²) in [6.45, 7) is 1.77. The molecular weight excluding hydrogens is 360 g/mol. The number of thioether (sulfide) groups is 1. The second-order valence-corrected chi connectivity index (χ2v) is 7.68. The number of carbonyl (C=O) groups is 3. The molecular formula is C16H16N4O3S2. The summed E-state index contributed by atoms with van der Waals surface area (Å²) in [5, 5.41) is 10.9. The van der Waals surface area contributed by atoms with Crippen molar-refractivity contribution in [2.45, 2.75) is 24.1 Å². The number of nitrogens with one attached hydrogen (secondary N) is 1. The normalized spacial score (nSPS) is 13.2. The van der Waals surface area contributed by atoms with Gasteiger partial charge in [-0.15, -0.1) is 10.2 Å². The Labute approximate surface area is 152 Å². The molecule has 9 heteroatoms. The molecule has 1 N–H and O–H groups in total. The first-order chi connectivity index (χ1) is 12.1. The van der Waals surface area contributed by atoms with Crippen LogP contribution in [-0.2, 0) is 4.79 Å². The van der Waals surface area contributed by atoms with Crippen molar-refractivity contribution < 1.29 is 14.4 Å². The van der Waals surface area contributed by atoms with E-state index in [9.17, 15) is 14.4 Å². The number of hydrogen-bond acceptors (Lipinski definition) is 7. The van der Waals surface area contributed by atoms with E-state index in [2.05, 4.69) is 22.4 Å². The van der Waals surface area contributed by atoms with Gasteiger partial charge in [-0.1, -0.05) is 48.6 Å². The van der Waals surface area contributed by atoms with Crippen molar-refractivity contribution in [3.8, 4) is 0 Å². The number of aromatic nitrogens is 2. The van der Waals surface area contributed by atoms with Crippen LogP contribution in [0, 0.1) is 0 Å². The zero-order chi connectivity index (χ0) is 17.8. The minimum absolute atomic E-state index is 0.325. The van der Waals surface area contributed by atoms with Gasteiger partial charge in [-0.05, 0) is 18.6 Å². The van der Waals surface area contributed by atoms with Crippen molar-refractivity contribution >= 4 is 46.0 Å².